The Kier molecular flexibility index (Phi) is 5.41. The number of urea groups is 1. The van der Waals surface area contributed by atoms with Gasteiger partial charge in [0, 0.05) is 20.0 Å². The Hall–Kier alpha value is -2.61. The van der Waals surface area contributed by atoms with Crippen molar-refractivity contribution in [2.24, 2.45) is 0 Å². The molecule has 140 valence electrons. The predicted octanol–water partition coefficient (Wildman–Crippen LogP) is 1.29. The highest BCUT2D eigenvalue weighted by Crippen LogP contribution is 2.30. The van der Waals surface area contributed by atoms with Crippen molar-refractivity contribution in [3.8, 4) is 0 Å². The normalized spacial score (nSPS) is 21.7. The molecule has 2 aliphatic rings. The van der Waals surface area contributed by atoms with Gasteiger partial charge in [-0.2, -0.15) is 5.06 Å². The van der Waals surface area contributed by atoms with Gasteiger partial charge in [0.1, 0.15) is 12.6 Å². The number of carbonyl (C=O) groups is 3. The molecule has 1 N–H and O–H groups in total. The van der Waals surface area contributed by atoms with E-state index in [0.29, 0.717) is 32.4 Å². The van der Waals surface area contributed by atoms with E-state index in [1.54, 1.807) is 6.92 Å². The zero-order chi connectivity index (χ0) is 18.7. The molecule has 3 rings (SSSR count). The SMILES string of the molecule is CCC(=O)N(C)NC(=O)[C@@H]1CC[C@@H]2CN1C(=O)N2OCc1ccccc1. The number of amides is 4. The predicted molar refractivity (Wildman–Crippen MR) is 93.2 cm³/mol. The molecule has 2 aliphatic heterocycles. The van der Waals surface area contributed by atoms with Crippen LogP contribution in [-0.2, 0) is 21.0 Å². The van der Waals surface area contributed by atoms with Gasteiger partial charge in [0.2, 0.25) is 5.91 Å². The lowest BCUT2D eigenvalue weighted by Crippen LogP contribution is -2.54. The smallest absolute Gasteiger partial charge is 0.309 e. The molecule has 0 radical (unpaired) electrons. The number of hydroxylamine groups is 2. The molecule has 0 spiro atoms. The zero-order valence-electron chi connectivity index (χ0n) is 15.1. The Morgan fingerprint density at radius 1 is 1.27 bits per heavy atom. The van der Waals surface area contributed by atoms with Crippen LogP contribution in [0.15, 0.2) is 30.3 Å². The summed E-state index contributed by atoms with van der Waals surface area (Å²) >= 11 is 0. The van der Waals surface area contributed by atoms with Gasteiger partial charge in [-0.3, -0.25) is 24.9 Å². The summed E-state index contributed by atoms with van der Waals surface area (Å²) in [7, 11) is 1.51. The van der Waals surface area contributed by atoms with Crippen molar-refractivity contribution in [3.05, 3.63) is 35.9 Å². The molecule has 8 nitrogen and oxygen atoms in total. The second-order valence-corrected chi connectivity index (χ2v) is 6.55. The molecule has 2 atom stereocenters. The van der Waals surface area contributed by atoms with Crippen LogP contribution in [0.5, 0.6) is 0 Å². The summed E-state index contributed by atoms with van der Waals surface area (Å²) < 4.78 is 0. The van der Waals surface area contributed by atoms with E-state index in [1.165, 1.54) is 22.0 Å². The van der Waals surface area contributed by atoms with Gasteiger partial charge in [-0.15, -0.1) is 0 Å². The first-order chi connectivity index (χ1) is 12.5. The summed E-state index contributed by atoms with van der Waals surface area (Å²) in [4.78, 5) is 44.0. The molecule has 0 aliphatic carbocycles. The van der Waals surface area contributed by atoms with E-state index >= 15 is 0 Å². The van der Waals surface area contributed by atoms with Crippen LogP contribution in [0.1, 0.15) is 31.7 Å². The molecule has 2 bridgehead atoms. The number of rotatable bonds is 5. The minimum Gasteiger partial charge on any atom is -0.309 e. The molecular weight excluding hydrogens is 336 g/mol. The largest absolute Gasteiger partial charge is 0.345 e. The van der Waals surface area contributed by atoms with E-state index in [2.05, 4.69) is 5.43 Å². The van der Waals surface area contributed by atoms with Gasteiger partial charge in [-0.05, 0) is 18.4 Å². The van der Waals surface area contributed by atoms with Crippen molar-refractivity contribution in [2.45, 2.75) is 44.9 Å². The van der Waals surface area contributed by atoms with Crippen molar-refractivity contribution in [1.82, 2.24) is 20.4 Å². The third-order valence-corrected chi connectivity index (χ3v) is 4.79. The van der Waals surface area contributed by atoms with E-state index in [0.717, 1.165) is 5.56 Å². The Morgan fingerprint density at radius 3 is 2.69 bits per heavy atom. The maximum Gasteiger partial charge on any atom is 0.345 e. The Bertz CT molecular complexity index is 681. The first kappa shape index (κ1) is 18.2. The average Bonchev–Trinajstić information content (AvgIpc) is 2.90. The highest BCUT2D eigenvalue weighted by atomic mass is 16.7. The second-order valence-electron chi connectivity index (χ2n) is 6.55. The van der Waals surface area contributed by atoms with E-state index < -0.39 is 6.04 Å². The van der Waals surface area contributed by atoms with Crippen LogP contribution in [0.25, 0.3) is 0 Å². The number of hydrogen-bond acceptors (Lipinski definition) is 4. The summed E-state index contributed by atoms with van der Waals surface area (Å²) in [6, 6.07) is 8.69. The van der Waals surface area contributed by atoms with E-state index in [-0.39, 0.29) is 23.9 Å². The number of carbonyl (C=O) groups excluding carboxylic acids is 3. The lowest BCUT2D eigenvalue weighted by atomic mass is 10.0. The molecule has 4 amide bonds. The van der Waals surface area contributed by atoms with Gasteiger partial charge in [-0.1, -0.05) is 37.3 Å². The van der Waals surface area contributed by atoms with Crippen LogP contribution in [-0.4, -0.2) is 58.5 Å². The van der Waals surface area contributed by atoms with E-state index in [1.807, 2.05) is 30.3 Å². The van der Waals surface area contributed by atoms with Crippen molar-refractivity contribution >= 4 is 17.8 Å². The average molecular weight is 360 g/mol. The zero-order valence-corrected chi connectivity index (χ0v) is 15.1. The molecule has 0 unspecified atom stereocenters. The number of fused-ring (bicyclic) bond motifs is 2. The molecule has 8 heteroatoms. The first-order valence-electron chi connectivity index (χ1n) is 8.85. The number of nitrogens with one attached hydrogen (secondary N) is 1. The Labute approximate surface area is 152 Å². The Morgan fingerprint density at radius 2 is 2.00 bits per heavy atom. The highest BCUT2D eigenvalue weighted by molar-refractivity contribution is 5.89. The standard InChI is InChI=1S/C18H24N4O4/c1-3-16(23)20(2)19-17(24)15-10-9-14-11-21(15)18(25)22(14)26-12-13-7-5-4-6-8-13/h4-8,14-15H,3,9-12H2,1-2H3,(H,19,24)/t14-,15+/m1/s1. The van der Waals surface area contributed by atoms with Crippen LogP contribution in [0.3, 0.4) is 0 Å². The van der Waals surface area contributed by atoms with Crippen LogP contribution >= 0.6 is 0 Å². The van der Waals surface area contributed by atoms with E-state index in [4.69, 9.17) is 4.84 Å². The van der Waals surface area contributed by atoms with Crippen molar-refractivity contribution in [1.29, 1.82) is 0 Å². The summed E-state index contributed by atoms with van der Waals surface area (Å²) in [6.45, 7) is 2.49. The van der Waals surface area contributed by atoms with Gasteiger partial charge in [0.15, 0.2) is 0 Å². The van der Waals surface area contributed by atoms with E-state index in [9.17, 15) is 14.4 Å². The molecule has 1 aromatic rings. The molecule has 0 aromatic heterocycles. The fourth-order valence-electron chi connectivity index (χ4n) is 3.33. The van der Waals surface area contributed by atoms with Crippen molar-refractivity contribution < 1.29 is 19.2 Å². The quantitative estimate of drug-likeness (QED) is 0.802. The molecule has 0 saturated carbocycles. The summed E-state index contributed by atoms with van der Waals surface area (Å²) in [5.41, 5.74) is 3.55. The first-order valence-corrected chi connectivity index (χ1v) is 8.85. The van der Waals surface area contributed by atoms with Crippen LogP contribution in [0, 0.1) is 0 Å². The second kappa shape index (κ2) is 7.74. The number of nitrogens with zero attached hydrogens (tertiary/aromatic N) is 3. The molecule has 2 heterocycles. The maximum atomic E-state index is 12.7. The molecule has 2 fully saturated rings. The summed E-state index contributed by atoms with van der Waals surface area (Å²) in [5.74, 6) is -0.529. The van der Waals surface area contributed by atoms with Gasteiger partial charge in [0.05, 0.1) is 6.04 Å². The third kappa shape index (κ3) is 3.65. The van der Waals surface area contributed by atoms with Gasteiger partial charge in [-0.25, -0.2) is 4.79 Å². The molecule has 1 aromatic carbocycles. The van der Waals surface area contributed by atoms with Crippen LogP contribution in [0.4, 0.5) is 4.79 Å². The van der Waals surface area contributed by atoms with Gasteiger partial charge < -0.3 is 4.90 Å². The minimum atomic E-state index is -0.587. The molecular formula is C18H24N4O4. The number of hydrogen-bond donors (Lipinski definition) is 1. The number of hydrazine groups is 1. The number of benzene rings is 1. The van der Waals surface area contributed by atoms with Gasteiger partial charge in [0.25, 0.3) is 5.91 Å². The molecule has 26 heavy (non-hydrogen) atoms. The van der Waals surface area contributed by atoms with Crippen LogP contribution < -0.4 is 5.43 Å². The summed E-state index contributed by atoms with van der Waals surface area (Å²) in [6.07, 6.45) is 1.52. The lowest BCUT2D eigenvalue weighted by molar-refractivity contribution is -0.142. The fourth-order valence-corrected chi connectivity index (χ4v) is 3.33. The highest BCUT2D eigenvalue weighted by Gasteiger charge is 2.48. The topological polar surface area (TPSA) is 82.2 Å². The van der Waals surface area contributed by atoms with Crippen LogP contribution in [0.2, 0.25) is 0 Å². The maximum absolute atomic E-state index is 12.7. The minimum absolute atomic E-state index is 0.0507. The van der Waals surface area contributed by atoms with Crippen molar-refractivity contribution in [2.75, 3.05) is 13.6 Å². The molecule has 2 saturated heterocycles. The number of piperidine rings is 1. The third-order valence-electron chi connectivity index (χ3n) is 4.79. The van der Waals surface area contributed by atoms with Gasteiger partial charge >= 0.3 is 6.03 Å². The lowest BCUT2D eigenvalue weighted by Gasteiger charge is -2.30. The fraction of sp³-hybridized carbons (Fsp3) is 0.500. The summed E-state index contributed by atoms with van der Waals surface area (Å²) in [5, 5.41) is 2.57. The van der Waals surface area contributed by atoms with Crippen molar-refractivity contribution in [3.63, 3.8) is 0 Å². The Balaban J connectivity index is 1.60. The monoisotopic (exact) mass is 360 g/mol.